The fourth-order valence-corrected chi connectivity index (χ4v) is 2.42. The van der Waals surface area contributed by atoms with E-state index in [9.17, 15) is 0 Å². The van der Waals surface area contributed by atoms with Gasteiger partial charge in [0.25, 0.3) is 0 Å². The standard InChI is InChI=1S/C16H11ClN6/c17-11-4-5-12(20-9-11)10-7-14(18)23-15(8-10)21-16(22-23)13-3-1-2-6-19-13/h1-9H,18H2. The minimum atomic E-state index is 0.476. The van der Waals surface area contributed by atoms with Gasteiger partial charge >= 0.3 is 0 Å². The highest BCUT2D eigenvalue weighted by Gasteiger charge is 2.11. The molecule has 0 amide bonds. The minimum Gasteiger partial charge on any atom is -0.384 e. The van der Waals surface area contributed by atoms with Gasteiger partial charge < -0.3 is 5.73 Å². The predicted molar refractivity (Wildman–Crippen MR) is 88.9 cm³/mol. The lowest BCUT2D eigenvalue weighted by atomic mass is 10.1. The van der Waals surface area contributed by atoms with Crippen molar-refractivity contribution in [2.24, 2.45) is 0 Å². The van der Waals surface area contributed by atoms with E-state index in [1.54, 1.807) is 29.0 Å². The van der Waals surface area contributed by atoms with Gasteiger partial charge in [-0.1, -0.05) is 17.7 Å². The molecule has 4 aromatic rings. The maximum atomic E-state index is 6.10. The monoisotopic (exact) mass is 322 g/mol. The fourth-order valence-electron chi connectivity index (χ4n) is 2.31. The van der Waals surface area contributed by atoms with Crippen LogP contribution >= 0.6 is 11.6 Å². The van der Waals surface area contributed by atoms with Crippen molar-refractivity contribution < 1.29 is 0 Å². The second-order valence-corrected chi connectivity index (χ2v) is 5.39. The summed E-state index contributed by atoms with van der Waals surface area (Å²) in [5.41, 5.74) is 9.06. The zero-order valence-electron chi connectivity index (χ0n) is 11.9. The fraction of sp³-hybridized carbons (Fsp3) is 0. The Balaban J connectivity index is 1.86. The number of nitrogens with zero attached hydrogens (tertiary/aromatic N) is 5. The van der Waals surface area contributed by atoms with Crippen LogP contribution in [-0.2, 0) is 0 Å². The summed E-state index contributed by atoms with van der Waals surface area (Å²) in [6, 6.07) is 12.9. The van der Waals surface area contributed by atoms with Gasteiger partial charge in [-0.2, -0.15) is 4.52 Å². The molecule has 23 heavy (non-hydrogen) atoms. The lowest BCUT2D eigenvalue weighted by Gasteiger charge is -2.03. The van der Waals surface area contributed by atoms with Crippen LogP contribution in [0, 0.1) is 0 Å². The van der Waals surface area contributed by atoms with E-state index in [1.807, 2.05) is 30.3 Å². The molecule has 0 atom stereocenters. The molecule has 7 heteroatoms. The topological polar surface area (TPSA) is 82.0 Å². The van der Waals surface area contributed by atoms with Crippen molar-refractivity contribution in [2.75, 3.05) is 5.73 Å². The Kier molecular flexibility index (Phi) is 3.17. The summed E-state index contributed by atoms with van der Waals surface area (Å²) in [4.78, 5) is 13.1. The molecular formula is C16H11ClN6. The van der Waals surface area contributed by atoms with Crippen molar-refractivity contribution in [2.45, 2.75) is 0 Å². The number of nitrogen functional groups attached to an aromatic ring is 1. The van der Waals surface area contributed by atoms with Crippen molar-refractivity contribution in [1.29, 1.82) is 0 Å². The van der Waals surface area contributed by atoms with E-state index in [0.29, 0.717) is 28.0 Å². The lowest BCUT2D eigenvalue weighted by molar-refractivity contribution is 0.974. The normalized spacial score (nSPS) is 11.0. The summed E-state index contributed by atoms with van der Waals surface area (Å²) >= 11 is 5.88. The summed E-state index contributed by atoms with van der Waals surface area (Å²) in [5.74, 6) is 1.00. The van der Waals surface area contributed by atoms with Gasteiger partial charge in [0.05, 0.1) is 10.7 Å². The molecule has 4 aromatic heterocycles. The van der Waals surface area contributed by atoms with Crippen LogP contribution < -0.4 is 5.73 Å². The first kappa shape index (κ1) is 13.7. The number of aromatic nitrogens is 5. The Labute approximate surface area is 136 Å². The van der Waals surface area contributed by atoms with Crippen LogP contribution in [0.5, 0.6) is 0 Å². The first-order valence-corrected chi connectivity index (χ1v) is 7.28. The molecule has 0 bridgehead atoms. The molecule has 6 nitrogen and oxygen atoms in total. The van der Waals surface area contributed by atoms with Crippen LogP contribution in [0.15, 0.2) is 54.9 Å². The second-order valence-electron chi connectivity index (χ2n) is 4.95. The SMILES string of the molecule is Nc1cc(-c2ccc(Cl)cn2)cc2nc(-c3ccccn3)nn12. The van der Waals surface area contributed by atoms with Crippen LogP contribution in [-0.4, -0.2) is 24.6 Å². The van der Waals surface area contributed by atoms with Gasteiger partial charge in [-0.05, 0) is 36.4 Å². The number of nitrogens with two attached hydrogens (primary N) is 1. The summed E-state index contributed by atoms with van der Waals surface area (Å²) in [5, 5.41) is 4.99. The Morgan fingerprint density at radius 2 is 1.91 bits per heavy atom. The first-order chi connectivity index (χ1) is 11.2. The number of fused-ring (bicyclic) bond motifs is 1. The highest BCUT2D eigenvalue weighted by atomic mass is 35.5. The van der Waals surface area contributed by atoms with E-state index in [0.717, 1.165) is 11.3 Å². The third-order valence-corrected chi connectivity index (χ3v) is 3.61. The molecule has 2 N–H and O–H groups in total. The van der Waals surface area contributed by atoms with E-state index in [2.05, 4.69) is 20.1 Å². The second kappa shape index (κ2) is 5.33. The molecule has 0 spiro atoms. The van der Waals surface area contributed by atoms with Crippen molar-refractivity contribution in [3.63, 3.8) is 0 Å². The van der Waals surface area contributed by atoms with Crippen LogP contribution in [0.3, 0.4) is 0 Å². The smallest absolute Gasteiger partial charge is 0.200 e. The van der Waals surface area contributed by atoms with Gasteiger partial charge in [0.1, 0.15) is 11.5 Å². The molecule has 0 aliphatic heterocycles. The molecule has 0 saturated carbocycles. The molecule has 0 aliphatic carbocycles. The van der Waals surface area contributed by atoms with Crippen LogP contribution in [0.2, 0.25) is 5.02 Å². The molecule has 0 radical (unpaired) electrons. The van der Waals surface area contributed by atoms with Crippen molar-refractivity contribution in [3.8, 4) is 22.8 Å². The molecule has 0 aliphatic rings. The quantitative estimate of drug-likeness (QED) is 0.613. The lowest BCUT2D eigenvalue weighted by Crippen LogP contribution is -1.99. The maximum absolute atomic E-state index is 6.10. The number of anilines is 1. The van der Waals surface area contributed by atoms with Crippen molar-refractivity contribution >= 4 is 23.1 Å². The molecule has 4 heterocycles. The van der Waals surface area contributed by atoms with E-state index in [4.69, 9.17) is 17.3 Å². The molecular weight excluding hydrogens is 312 g/mol. The largest absolute Gasteiger partial charge is 0.384 e. The minimum absolute atomic E-state index is 0.476. The third kappa shape index (κ3) is 2.49. The highest BCUT2D eigenvalue weighted by Crippen LogP contribution is 2.24. The molecule has 0 saturated heterocycles. The van der Waals surface area contributed by atoms with E-state index >= 15 is 0 Å². The van der Waals surface area contributed by atoms with Gasteiger partial charge in [-0.3, -0.25) is 9.97 Å². The Morgan fingerprint density at radius 3 is 2.65 bits per heavy atom. The zero-order valence-corrected chi connectivity index (χ0v) is 12.6. The van der Waals surface area contributed by atoms with E-state index in [-0.39, 0.29) is 0 Å². The number of halogens is 1. The molecule has 0 fully saturated rings. The maximum Gasteiger partial charge on any atom is 0.200 e. The Bertz CT molecular complexity index is 979. The third-order valence-electron chi connectivity index (χ3n) is 3.38. The summed E-state index contributed by atoms with van der Waals surface area (Å²) < 4.78 is 1.59. The summed E-state index contributed by atoms with van der Waals surface area (Å²) in [7, 11) is 0. The van der Waals surface area contributed by atoms with Crippen molar-refractivity contribution in [1.82, 2.24) is 24.6 Å². The molecule has 0 unspecified atom stereocenters. The summed E-state index contributed by atoms with van der Waals surface area (Å²) in [6.07, 6.45) is 3.30. The van der Waals surface area contributed by atoms with Gasteiger partial charge in [-0.25, -0.2) is 4.98 Å². The average molecular weight is 323 g/mol. The number of rotatable bonds is 2. The van der Waals surface area contributed by atoms with E-state index < -0.39 is 0 Å². The van der Waals surface area contributed by atoms with Gasteiger partial charge in [0.15, 0.2) is 5.65 Å². The number of pyridine rings is 3. The number of hydrogen-bond acceptors (Lipinski definition) is 5. The van der Waals surface area contributed by atoms with Crippen LogP contribution in [0.25, 0.3) is 28.4 Å². The van der Waals surface area contributed by atoms with Crippen LogP contribution in [0.1, 0.15) is 0 Å². The highest BCUT2D eigenvalue weighted by molar-refractivity contribution is 6.30. The van der Waals surface area contributed by atoms with Gasteiger partial charge in [0, 0.05) is 18.0 Å². The predicted octanol–water partition coefficient (Wildman–Crippen LogP) is 3.09. The Hall–Kier alpha value is -2.99. The summed E-state index contributed by atoms with van der Waals surface area (Å²) in [6.45, 7) is 0. The van der Waals surface area contributed by atoms with Crippen LogP contribution in [0.4, 0.5) is 5.82 Å². The molecule has 4 rings (SSSR count). The van der Waals surface area contributed by atoms with Gasteiger partial charge in [0.2, 0.25) is 5.82 Å². The van der Waals surface area contributed by atoms with Gasteiger partial charge in [-0.15, -0.1) is 5.10 Å². The molecule has 0 aromatic carbocycles. The average Bonchev–Trinajstić information content (AvgIpc) is 3.01. The zero-order chi connectivity index (χ0) is 15.8. The number of hydrogen-bond donors (Lipinski definition) is 1. The first-order valence-electron chi connectivity index (χ1n) is 6.90. The van der Waals surface area contributed by atoms with E-state index in [1.165, 1.54) is 0 Å². The molecule has 112 valence electrons. The van der Waals surface area contributed by atoms with Crippen molar-refractivity contribution in [3.05, 3.63) is 59.9 Å². The Morgan fingerprint density at radius 1 is 1.00 bits per heavy atom.